The second kappa shape index (κ2) is 5.74. The third-order valence-corrected chi connectivity index (χ3v) is 5.45. The number of benzene rings is 2. The number of hydrogen-bond donors (Lipinski definition) is 1. The summed E-state index contributed by atoms with van der Waals surface area (Å²) >= 11 is 1.18. The minimum Gasteiger partial charge on any atom is -0.506 e. The van der Waals surface area contributed by atoms with Crippen LogP contribution in [0.4, 0.5) is 22.0 Å². The SMILES string of the molecule is O=C(c1c(O)c2ccc3c4ccccc4sc3c2oc1=O)C(F)(F)C(F)(F)F. The highest BCUT2D eigenvalue weighted by Crippen LogP contribution is 2.43. The number of aromatic hydroxyl groups is 1. The van der Waals surface area contributed by atoms with Crippen molar-refractivity contribution in [2.24, 2.45) is 0 Å². The lowest BCUT2D eigenvalue weighted by molar-refractivity contribution is -0.255. The second-order valence-corrected chi connectivity index (χ2v) is 6.98. The number of carbonyl (C=O) groups excluding carboxylic acids is 1. The van der Waals surface area contributed by atoms with Gasteiger partial charge in [0.05, 0.1) is 10.1 Å². The summed E-state index contributed by atoms with van der Waals surface area (Å²) in [4.78, 5) is 23.8. The van der Waals surface area contributed by atoms with Crippen LogP contribution in [0.2, 0.25) is 0 Å². The first-order chi connectivity index (χ1) is 13.0. The Morgan fingerprint density at radius 1 is 0.964 bits per heavy atom. The van der Waals surface area contributed by atoms with Crippen LogP contribution < -0.4 is 5.63 Å². The summed E-state index contributed by atoms with van der Waals surface area (Å²) in [5, 5.41) is 11.3. The maximum absolute atomic E-state index is 13.4. The van der Waals surface area contributed by atoms with Crippen molar-refractivity contribution < 1.29 is 36.3 Å². The maximum Gasteiger partial charge on any atom is 0.461 e. The quantitative estimate of drug-likeness (QED) is 0.277. The topological polar surface area (TPSA) is 67.5 Å². The van der Waals surface area contributed by atoms with Crippen LogP contribution in [0.1, 0.15) is 10.4 Å². The van der Waals surface area contributed by atoms with Crippen LogP contribution in [0.25, 0.3) is 31.1 Å². The van der Waals surface area contributed by atoms with E-state index in [1.807, 2.05) is 0 Å². The van der Waals surface area contributed by atoms with E-state index < -0.39 is 34.8 Å². The zero-order valence-electron chi connectivity index (χ0n) is 13.4. The van der Waals surface area contributed by atoms with E-state index in [9.17, 15) is 36.6 Å². The summed E-state index contributed by atoms with van der Waals surface area (Å²) in [7, 11) is 0. The molecule has 0 aliphatic carbocycles. The summed E-state index contributed by atoms with van der Waals surface area (Å²) in [6.07, 6.45) is -6.23. The van der Waals surface area contributed by atoms with Crippen molar-refractivity contribution in [1.82, 2.24) is 0 Å². The molecule has 2 heterocycles. The first kappa shape index (κ1) is 18.4. The Hall–Kier alpha value is -3.01. The minimum absolute atomic E-state index is 0.201. The highest BCUT2D eigenvalue weighted by atomic mass is 32.1. The first-order valence-corrected chi connectivity index (χ1v) is 8.45. The number of thiophene rings is 1. The van der Waals surface area contributed by atoms with Crippen LogP contribution in [0.3, 0.4) is 0 Å². The van der Waals surface area contributed by atoms with Gasteiger partial charge in [-0.2, -0.15) is 22.0 Å². The molecule has 1 N–H and O–H groups in total. The van der Waals surface area contributed by atoms with Gasteiger partial charge in [-0.3, -0.25) is 4.79 Å². The molecule has 10 heteroatoms. The Morgan fingerprint density at radius 3 is 2.29 bits per heavy atom. The average molecular weight is 414 g/mol. The van der Waals surface area contributed by atoms with Crippen LogP contribution in [-0.2, 0) is 0 Å². The largest absolute Gasteiger partial charge is 0.506 e. The lowest BCUT2D eigenvalue weighted by atomic mass is 10.0. The van der Waals surface area contributed by atoms with Gasteiger partial charge >= 0.3 is 17.7 Å². The molecule has 4 nitrogen and oxygen atoms in total. The first-order valence-electron chi connectivity index (χ1n) is 7.63. The Kier molecular flexibility index (Phi) is 3.76. The molecule has 28 heavy (non-hydrogen) atoms. The number of carbonyl (C=O) groups is 1. The fraction of sp³-hybridized carbons (Fsp3) is 0.111. The summed E-state index contributed by atoms with van der Waals surface area (Å²) in [5.74, 6) is -10.0. The Morgan fingerprint density at radius 2 is 1.61 bits per heavy atom. The number of halogens is 5. The van der Waals surface area contributed by atoms with Crippen molar-refractivity contribution in [3.8, 4) is 5.75 Å². The Bertz CT molecular complexity index is 1330. The fourth-order valence-corrected chi connectivity index (χ4v) is 4.10. The van der Waals surface area contributed by atoms with Gasteiger partial charge in [-0.15, -0.1) is 11.3 Å². The van der Waals surface area contributed by atoms with Crippen molar-refractivity contribution in [3.63, 3.8) is 0 Å². The molecule has 0 saturated carbocycles. The molecule has 0 aliphatic rings. The standard InChI is InChI=1S/C18H7F5O4S/c19-17(20,18(21,22)23)15(25)11-12(24)9-6-5-8-7-3-1-2-4-10(7)28-14(8)13(9)27-16(11)26/h1-6,24H. The molecule has 0 atom stereocenters. The number of alkyl halides is 5. The third kappa shape index (κ3) is 2.40. The monoisotopic (exact) mass is 414 g/mol. The fourth-order valence-electron chi connectivity index (χ4n) is 2.91. The number of hydrogen-bond acceptors (Lipinski definition) is 5. The number of rotatable bonds is 2. The molecule has 2 aromatic carbocycles. The van der Waals surface area contributed by atoms with Gasteiger partial charge in [-0.25, -0.2) is 4.79 Å². The average Bonchev–Trinajstić information content (AvgIpc) is 3.00. The number of fused-ring (bicyclic) bond motifs is 5. The molecule has 2 aromatic heterocycles. The molecule has 0 saturated heterocycles. The van der Waals surface area contributed by atoms with Crippen LogP contribution in [0.5, 0.6) is 5.75 Å². The second-order valence-electron chi connectivity index (χ2n) is 5.93. The van der Waals surface area contributed by atoms with Crippen molar-refractivity contribution in [2.45, 2.75) is 12.1 Å². The molecule has 0 radical (unpaired) electrons. The molecule has 0 unspecified atom stereocenters. The summed E-state index contributed by atoms with van der Waals surface area (Å²) < 4.78 is 70.4. The number of Topliss-reactive ketones (excluding diaryl/α,β-unsaturated/α-hetero) is 1. The van der Waals surface area contributed by atoms with Crippen LogP contribution >= 0.6 is 11.3 Å². The van der Waals surface area contributed by atoms with Gasteiger partial charge in [0, 0.05) is 15.5 Å². The summed E-state index contributed by atoms with van der Waals surface area (Å²) in [6, 6.07) is 9.80. The predicted molar refractivity (Wildman–Crippen MR) is 92.4 cm³/mol. The van der Waals surface area contributed by atoms with E-state index in [2.05, 4.69) is 0 Å². The smallest absolute Gasteiger partial charge is 0.461 e. The van der Waals surface area contributed by atoms with E-state index in [-0.39, 0.29) is 11.0 Å². The lowest BCUT2D eigenvalue weighted by Gasteiger charge is -2.18. The predicted octanol–water partition coefficient (Wildman–Crippen LogP) is 5.25. The molecule has 0 fully saturated rings. The van der Waals surface area contributed by atoms with Crippen molar-refractivity contribution >= 4 is 48.3 Å². The van der Waals surface area contributed by atoms with E-state index in [4.69, 9.17) is 4.42 Å². The molecule has 4 rings (SSSR count). The molecule has 144 valence electrons. The zero-order valence-corrected chi connectivity index (χ0v) is 14.3. The normalized spacial score (nSPS) is 12.9. The summed E-state index contributed by atoms with van der Waals surface area (Å²) in [6.45, 7) is 0. The van der Waals surface area contributed by atoms with Gasteiger partial charge in [0.1, 0.15) is 5.75 Å². The highest BCUT2D eigenvalue weighted by Gasteiger charge is 2.64. The lowest BCUT2D eigenvalue weighted by Crippen LogP contribution is -2.45. The Balaban J connectivity index is 2.04. The summed E-state index contributed by atoms with van der Waals surface area (Å²) in [5.41, 5.74) is -3.72. The van der Waals surface area contributed by atoms with Gasteiger partial charge < -0.3 is 9.52 Å². The molecule has 0 aliphatic heterocycles. The van der Waals surface area contributed by atoms with Gasteiger partial charge in [0.25, 0.3) is 5.78 Å². The molecular formula is C18H7F5O4S. The Labute approximate surface area is 155 Å². The maximum atomic E-state index is 13.4. The van der Waals surface area contributed by atoms with E-state index in [1.165, 1.54) is 23.5 Å². The number of ketones is 1. The minimum atomic E-state index is -6.23. The molecule has 4 aromatic rings. The molecular weight excluding hydrogens is 407 g/mol. The van der Waals surface area contributed by atoms with E-state index in [0.717, 1.165) is 10.1 Å². The highest BCUT2D eigenvalue weighted by molar-refractivity contribution is 7.26. The van der Waals surface area contributed by atoms with E-state index >= 15 is 0 Å². The van der Waals surface area contributed by atoms with Crippen molar-refractivity contribution in [2.75, 3.05) is 0 Å². The molecule has 0 amide bonds. The molecule has 0 bridgehead atoms. The third-order valence-electron chi connectivity index (χ3n) is 4.26. The van der Waals surface area contributed by atoms with Crippen LogP contribution in [-0.4, -0.2) is 23.0 Å². The van der Waals surface area contributed by atoms with Crippen LogP contribution in [0.15, 0.2) is 45.6 Å². The van der Waals surface area contributed by atoms with Crippen LogP contribution in [0, 0.1) is 0 Å². The van der Waals surface area contributed by atoms with Gasteiger partial charge in [-0.05, 0) is 12.1 Å². The van der Waals surface area contributed by atoms with Gasteiger partial charge in [0.2, 0.25) is 0 Å². The van der Waals surface area contributed by atoms with E-state index in [1.54, 1.807) is 24.3 Å². The van der Waals surface area contributed by atoms with Crippen molar-refractivity contribution in [3.05, 3.63) is 52.4 Å². The van der Waals surface area contributed by atoms with E-state index in [0.29, 0.717) is 10.1 Å². The zero-order chi connectivity index (χ0) is 20.4. The van der Waals surface area contributed by atoms with Crippen molar-refractivity contribution in [1.29, 1.82) is 0 Å². The van der Waals surface area contributed by atoms with Gasteiger partial charge in [0.15, 0.2) is 11.1 Å². The molecule has 0 spiro atoms. The van der Waals surface area contributed by atoms with Gasteiger partial charge in [-0.1, -0.05) is 24.3 Å².